The molecule has 3 unspecified atom stereocenters. The third kappa shape index (κ3) is 3.50. The Kier molecular flexibility index (Phi) is 4.51. The number of epoxide rings is 1. The van der Waals surface area contributed by atoms with E-state index in [2.05, 4.69) is 46.8 Å². The van der Waals surface area contributed by atoms with Crippen LogP contribution in [-0.4, -0.2) is 18.8 Å². The van der Waals surface area contributed by atoms with Crippen LogP contribution in [0.3, 0.4) is 0 Å². The molecule has 2 rings (SSSR count). The first kappa shape index (κ1) is 14.4. The molecule has 1 heterocycles. The van der Waals surface area contributed by atoms with E-state index >= 15 is 0 Å². The van der Waals surface area contributed by atoms with Gasteiger partial charge in [0, 0.05) is 0 Å². The predicted molar refractivity (Wildman–Crippen MR) is 79.1 cm³/mol. The Labute approximate surface area is 117 Å². The van der Waals surface area contributed by atoms with E-state index in [1.165, 1.54) is 16.7 Å². The van der Waals surface area contributed by atoms with Gasteiger partial charge in [0.1, 0.15) is 5.75 Å². The number of hydrogen-bond acceptors (Lipinski definition) is 2. The number of hydrogen-bond donors (Lipinski definition) is 0. The van der Waals surface area contributed by atoms with Gasteiger partial charge in [-0.25, -0.2) is 0 Å². The van der Waals surface area contributed by atoms with E-state index in [0.29, 0.717) is 18.1 Å². The van der Waals surface area contributed by atoms with Crippen LogP contribution in [-0.2, 0) is 4.74 Å². The molecule has 0 aromatic heterocycles. The van der Waals surface area contributed by atoms with Gasteiger partial charge in [0.25, 0.3) is 0 Å². The van der Waals surface area contributed by atoms with Crippen molar-refractivity contribution in [2.75, 3.05) is 6.61 Å². The molecule has 0 saturated carbocycles. The molecule has 3 atom stereocenters. The Hall–Kier alpha value is -1.02. The first-order valence-corrected chi connectivity index (χ1v) is 7.42. The topological polar surface area (TPSA) is 21.8 Å². The molecule has 1 aliphatic rings. The lowest BCUT2D eigenvalue weighted by molar-refractivity contribution is 0.315. The molecule has 1 saturated heterocycles. The maximum Gasteiger partial charge on any atom is 0.122 e. The highest BCUT2D eigenvalue weighted by molar-refractivity contribution is 5.43. The summed E-state index contributed by atoms with van der Waals surface area (Å²) in [6.07, 6.45) is 3.09. The second kappa shape index (κ2) is 5.96. The third-order valence-corrected chi connectivity index (χ3v) is 3.98. The van der Waals surface area contributed by atoms with Crippen molar-refractivity contribution in [3.05, 3.63) is 28.8 Å². The lowest BCUT2D eigenvalue weighted by Crippen LogP contribution is -2.04. The highest BCUT2D eigenvalue weighted by Gasteiger charge is 2.35. The molecule has 1 fully saturated rings. The van der Waals surface area contributed by atoms with Crippen molar-refractivity contribution in [1.82, 2.24) is 0 Å². The maximum atomic E-state index is 5.79. The zero-order chi connectivity index (χ0) is 14.0. The second-order valence-electron chi connectivity index (χ2n) is 5.84. The average molecular weight is 262 g/mol. The molecule has 0 spiro atoms. The quantitative estimate of drug-likeness (QED) is 0.710. The zero-order valence-electron chi connectivity index (χ0n) is 12.8. The molecule has 2 heteroatoms. The fourth-order valence-corrected chi connectivity index (χ4v) is 2.66. The van der Waals surface area contributed by atoms with Gasteiger partial charge in [-0.15, -0.1) is 0 Å². The van der Waals surface area contributed by atoms with E-state index in [0.717, 1.165) is 25.2 Å². The first-order valence-electron chi connectivity index (χ1n) is 7.42. The van der Waals surface area contributed by atoms with Gasteiger partial charge in [-0.05, 0) is 62.3 Å². The summed E-state index contributed by atoms with van der Waals surface area (Å²) in [5.41, 5.74) is 4.01. The minimum absolute atomic E-state index is 0.455. The lowest BCUT2D eigenvalue weighted by atomic mass is 9.90. The molecule has 0 radical (unpaired) electrons. The van der Waals surface area contributed by atoms with Crippen molar-refractivity contribution in [1.29, 1.82) is 0 Å². The fraction of sp³-hybridized carbons (Fsp3) is 0.647. The van der Waals surface area contributed by atoms with Gasteiger partial charge in [0.2, 0.25) is 0 Å². The standard InChI is InChI=1S/C17H26O2/c1-6-7-18-16-9-11(2)15(8-13(16)4)12(3)10-17-14(5)19-17/h8-9,12,14,17H,6-7,10H2,1-5H3. The summed E-state index contributed by atoms with van der Waals surface area (Å²) in [5, 5.41) is 0. The molecular weight excluding hydrogens is 236 g/mol. The van der Waals surface area contributed by atoms with E-state index < -0.39 is 0 Å². The van der Waals surface area contributed by atoms with Crippen molar-refractivity contribution >= 4 is 0 Å². The lowest BCUT2D eigenvalue weighted by Gasteiger charge is -2.17. The summed E-state index contributed by atoms with van der Waals surface area (Å²) in [7, 11) is 0. The van der Waals surface area contributed by atoms with E-state index in [4.69, 9.17) is 9.47 Å². The van der Waals surface area contributed by atoms with E-state index in [1.54, 1.807) is 0 Å². The molecule has 19 heavy (non-hydrogen) atoms. The van der Waals surface area contributed by atoms with Gasteiger partial charge < -0.3 is 9.47 Å². The monoisotopic (exact) mass is 262 g/mol. The number of ether oxygens (including phenoxy) is 2. The Morgan fingerprint density at radius 3 is 2.53 bits per heavy atom. The highest BCUT2D eigenvalue weighted by atomic mass is 16.6. The first-order chi connectivity index (χ1) is 9.02. The average Bonchev–Trinajstić information content (AvgIpc) is 3.05. The van der Waals surface area contributed by atoms with Crippen molar-refractivity contribution in [2.45, 2.75) is 65.6 Å². The molecule has 1 aliphatic heterocycles. The molecule has 106 valence electrons. The van der Waals surface area contributed by atoms with E-state index in [-0.39, 0.29) is 0 Å². The van der Waals surface area contributed by atoms with Crippen LogP contribution >= 0.6 is 0 Å². The molecule has 1 aromatic rings. The second-order valence-corrected chi connectivity index (χ2v) is 5.84. The Morgan fingerprint density at radius 2 is 1.95 bits per heavy atom. The van der Waals surface area contributed by atoms with Crippen molar-refractivity contribution < 1.29 is 9.47 Å². The molecule has 0 amide bonds. The van der Waals surface area contributed by atoms with Crippen LogP contribution < -0.4 is 4.74 Å². The summed E-state index contributed by atoms with van der Waals surface area (Å²) in [4.78, 5) is 0. The molecule has 0 bridgehead atoms. The van der Waals surface area contributed by atoms with Gasteiger partial charge in [0.05, 0.1) is 18.8 Å². The Balaban J connectivity index is 2.10. The summed E-state index contributed by atoms with van der Waals surface area (Å²) in [5.74, 6) is 1.58. The third-order valence-electron chi connectivity index (χ3n) is 3.98. The minimum Gasteiger partial charge on any atom is -0.493 e. The van der Waals surface area contributed by atoms with Gasteiger partial charge in [-0.2, -0.15) is 0 Å². The van der Waals surface area contributed by atoms with Crippen molar-refractivity contribution in [2.24, 2.45) is 0 Å². The number of aryl methyl sites for hydroxylation is 2. The van der Waals surface area contributed by atoms with Crippen LogP contribution in [0.1, 0.15) is 56.2 Å². The van der Waals surface area contributed by atoms with Gasteiger partial charge in [0.15, 0.2) is 0 Å². The fourth-order valence-electron chi connectivity index (χ4n) is 2.66. The smallest absolute Gasteiger partial charge is 0.122 e. The maximum absolute atomic E-state index is 5.79. The van der Waals surface area contributed by atoms with Crippen LogP contribution in [0.15, 0.2) is 12.1 Å². The molecule has 0 N–H and O–H groups in total. The summed E-state index contributed by atoms with van der Waals surface area (Å²) >= 11 is 0. The zero-order valence-corrected chi connectivity index (χ0v) is 12.8. The normalized spacial score (nSPS) is 23.2. The van der Waals surface area contributed by atoms with Gasteiger partial charge in [-0.1, -0.05) is 19.9 Å². The summed E-state index contributed by atoms with van der Waals surface area (Å²) < 4.78 is 11.3. The molecule has 1 aromatic carbocycles. The number of benzene rings is 1. The molecule has 0 aliphatic carbocycles. The van der Waals surface area contributed by atoms with Crippen molar-refractivity contribution in [3.8, 4) is 5.75 Å². The van der Waals surface area contributed by atoms with Crippen molar-refractivity contribution in [3.63, 3.8) is 0 Å². The minimum atomic E-state index is 0.455. The molecular formula is C17H26O2. The Morgan fingerprint density at radius 1 is 1.26 bits per heavy atom. The van der Waals surface area contributed by atoms with Crippen LogP contribution in [0.2, 0.25) is 0 Å². The largest absolute Gasteiger partial charge is 0.493 e. The van der Waals surface area contributed by atoms with Crippen LogP contribution in [0, 0.1) is 13.8 Å². The van der Waals surface area contributed by atoms with Gasteiger partial charge >= 0.3 is 0 Å². The van der Waals surface area contributed by atoms with E-state index in [9.17, 15) is 0 Å². The number of rotatable bonds is 6. The highest BCUT2D eigenvalue weighted by Crippen LogP contribution is 2.35. The van der Waals surface area contributed by atoms with Crippen LogP contribution in [0.5, 0.6) is 5.75 Å². The SMILES string of the molecule is CCCOc1cc(C)c(C(C)CC2OC2C)cc1C. The van der Waals surface area contributed by atoms with Crippen LogP contribution in [0.4, 0.5) is 0 Å². The van der Waals surface area contributed by atoms with E-state index in [1.807, 2.05) is 0 Å². The Bertz CT molecular complexity index is 439. The summed E-state index contributed by atoms with van der Waals surface area (Å²) in [6, 6.07) is 4.48. The predicted octanol–water partition coefficient (Wildman–Crippen LogP) is 4.37. The molecule has 2 nitrogen and oxygen atoms in total. The van der Waals surface area contributed by atoms with Gasteiger partial charge in [-0.3, -0.25) is 0 Å². The van der Waals surface area contributed by atoms with Crippen LogP contribution in [0.25, 0.3) is 0 Å². The summed E-state index contributed by atoms with van der Waals surface area (Å²) in [6.45, 7) is 11.7.